The van der Waals surface area contributed by atoms with Crippen LogP contribution in [-0.2, 0) is 14.8 Å². The summed E-state index contributed by atoms with van der Waals surface area (Å²) in [6, 6.07) is 18.1. The van der Waals surface area contributed by atoms with Crippen LogP contribution >= 0.6 is 0 Å². The van der Waals surface area contributed by atoms with Gasteiger partial charge in [0.2, 0.25) is 10.0 Å². The van der Waals surface area contributed by atoms with Crippen molar-refractivity contribution in [2.24, 2.45) is 0 Å². The molecule has 0 unspecified atom stereocenters. The minimum atomic E-state index is -3.63. The van der Waals surface area contributed by atoms with Gasteiger partial charge in [-0.15, -0.1) is 0 Å². The number of likely N-dealkylation sites (N-methyl/N-ethyl adjacent to an activating group) is 1. The van der Waals surface area contributed by atoms with Crippen molar-refractivity contribution in [2.75, 3.05) is 19.6 Å². The lowest BCUT2D eigenvalue weighted by atomic mass is 10.1. The van der Waals surface area contributed by atoms with Crippen molar-refractivity contribution in [2.45, 2.75) is 31.1 Å². The van der Waals surface area contributed by atoms with Crippen LogP contribution < -0.4 is 5.32 Å². The van der Waals surface area contributed by atoms with E-state index in [2.05, 4.69) is 5.32 Å². The SMILES string of the molecule is CCNC(=O)/C(C#N)=C/c1cn(-c2ccccc2)nc1-c1cccc(S(=O)(=O)N2CCCCC2)c1. The summed E-state index contributed by atoms with van der Waals surface area (Å²) in [6.07, 6.45) is 5.95. The number of carbonyl (C=O) groups is 1. The van der Waals surface area contributed by atoms with E-state index in [1.54, 1.807) is 42.1 Å². The zero-order valence-electron chi connectivity index (χ0n) is 19.5. The monoisotopic (exact) mass is 489 g/mol. The zero-order valence-corrected chi connectivity index (χ0v) is 20.3. The van der Waals surface area contributed by atoms with Crippen molar-refractivity contribution in [3.05, 3.63) is 71.9 Å². The van der Waals surface area contributed by atoms with Gasteiger partial charge in [0, 0.05) is 37.0 Å². The molecule has 8 nitrogen and oxygen atoms in total. The van der Waals surface area contributed by atoms with Crippen LogP contribution in [0.4, 0.5) is 0 Å². The molecule has 0 bridgehead atoms. The Morgan fingerprint density at radius 2 is 1.86 bits per heavy atom. The quantitative estimate of drug-likeness (QED) is 0.402. The maximum Gasteiger partial charge on any atom is 0.261 e. The van der Waals surface area contributed by atoms with E-state index in [1.165, 1.54) is 10.4 Å². The van der Waals surface area contributed by atoms with E-state index in [1.807, 2.05) is 36.4 Å². The number of amides is 1. The predicted molar refractivity (Wildman–Crippen MR) is 134 cm³/mol. The van der Waals surface area contributed by atoms with Crippen molar-refractivity contribution in [3.8, 4) is 23.0 Å². The van der Waals surface area contributed by atoms with Gasteiger partial charge in [-0.3, -0.25) is 4.79 Å². The maximum absolute atomic E-state index is 13.3. The highest BCUT2D eigenvalue weighted by Gasteiger charge is 2.26. The summed E-state index contributed by atoms with van der Waals surface area (Å²) in [5.41, 5.74) is 2.32. The van der Waals surface area contributed by atoms with Gasteiger partial charge >= 0.3 is 0 Å². The average molecular weight is 490 g/mol. The Bertz CT molecular complexity index is 1380. The molecule has 9 heteroatoms. The summed E-state index contributed by atoms with van der Waals surface area (Å²) in [6.45, 7) is 3.20. The summed E-state index contributed by atoms with van der Waals surface area (Å²) in [7, 11) is -3.63. The van der Waals surface area contributed by atoms with E-state index in [4.69, 9.17) is 5.10 Å². The highest BCUT2D eigenvalue weighted by atomic mass is 32.2. The number of nitrogens with one attached hydrogen (secondary N) is 1. The first-order valence-electron chi connectivity index (χ1n) is 11.6. The number of carbonyl (C=O) groups excluding carboxylic acids is 1. The number of nitrogens with zero attached hydrogens (tertiary/aromatic N) is 4. The van der Waals surface area contributed by atoms with Crippen LogP contribution in [0.3, 0.4) is 0 Å². The van der Waals surface area contributed by atoms with Crippen LogP contribution in [-0.4, -0.2) is 48.0 Å². The van der Waals surface area contributed by atoms with Crippen LogP contribution in [0, 0.1) is 11.3 Å². The van der Waals surface area contributed by atoms with Crippen molar-refractivity contribution in [1.82, 2.24) is 19.4 Å². The van der Waals surface area contributed by atoms with Crippen molar-refractivity contribution < 1.29 is 13.2 Å². The molecule has 0 saturated carbocycles. The number of nitriles is 1. The lowest BCUT2D eigenvalue weighted by Crippen LogP contribution is -2.35. The van der Waals surface area contributed by atoms with Gasteiger partial charge in [-0.25, -0.2) is 13.1 Å². The summed E-state index contributed by atoms with van der Waals surface area (Å²) in [5, 5.41) is 16.9. The van der Waals surface area contributed by atoms with Crippen LogP contribution in [0.15, 0.2) is 71.3 Å². The third-order valence-corrected chi connectivity index (χ3v) is 7.72. The predicted octanol–water partition coefficient (Wildman–Crippen LogP) is 3.76. The fourth-order valence-electron chi connectivity index (χ4n) is 4.05. The Hall–Kier alpha value is -3.74. The molecular formula is C26H27N5O3S. The molecule has 1 saturated heterocycles. The number of sulfonamides is 1. The Balaban J connectivity index is 1.82. The van der Waals surface area contributed by atoms with E-state index in [0.29, 0.717) is 36.5 Å². The first-order valence-corrected chi connectivity index (χ1v) is 13.0. The Kier molecular flexibility index (Phi) is 7.44. The van der Waals surface area contributed by atoms with Gasteiger partial charge < -0.3 is 5.32 Å². The van der Waals surface area contributed by atoms with Gasteiger partial charge in [-0.2, -0.15) is 14.7 Å². The molecular weight excluding hydrogens is 462 g/mol. The highest BCUT2D eigenvalue weighted by Crippen LogP contribution is 2.29. The van der Waals surface area contributed by atoms with Gasteiger partial charge in [0.15, 0.2) is 0 Å². The van der Waals surface area contributed by atoms with Gasteiger partial charge in [-0.05, 0) is 50.1 Å². The van der Waals surface area contributed by atoms with Crippen molar-refractivity contribution in [1.29, 1.82) is 5.26 Å². The number of para-hydroxylation sites is 1. The average Bonchev–Trinajstić information content (AvgIpc) is 3.32. The van der Waals surface area contributed by atoms with E-state index >= 15 is 0 Å². The van der Waals surface area contributed by atoms with E-state index < -0.39 is 15.9 Å². The summed E-state index contributed by atoms with van der Waals surface area (Å²) >= 11 is 0. The molecule has 0 aliphatic carbocycles. The number of piperidine rings is 1. The molecule has 1 aliphatic rings. The summed E-state index contributed by atoms with van der Waals surface area (Å²) in [4.78, 5) is 12.5. The smallest absolute Gasteiger partial charge is 0.261 e. The van der Waals surface area contributed by atoms with Crippen LogP contribution in [0.1, 0.15) is 31.7 Å². The van der Waals surface area contributed by atoms with Gasteiger partial charge in [0.25, 0.3) is 5.91 Å². The minimum absolute atomic E-state index is 0.0576. The topological polar surface area (TPSA) is 108 Å². The molecule has 1 aromatic heterocycles. The van der Waals surface area contributed by atoms with Crippen LogP contribution in [0.5, 0.6) is 0 Å². The molecule has 1 amide bonds. The van der Waals surface area contributed by atoms with E-state index in [0.717, 1.165) is 24.9 Å². The van der Waals surface area contributed by atoms with Crippen molar-refractivity contribution in [3.63, 3.8) is 0 Å². The number of hydrogen-bond acceptors (Lipinski definition) is 5. The van der Waals surface area contributed by atoms with Crippen LogP contribution in [0.25, 0.3) is 23.0 Å². The lowest BCUT2D eigenvalue weighted by Gasteiger charge is -2.26. The third-order valence-electron chi connectivity index (χ3n) is 5.83. The number of rotatable bonds is 7. The van der Waals surface area contributed by atoms with E-state index in [-0.39, 0.29) is 10.5 Å². The second-order valence-corrected chi connectivity index (χ2v) is 10.2. The molecule has 4 rings (SSSR count). The molecule has 35 heavy (non-hydrogen) atoms. The summed E-state index contributed by atoms with van der Waals surface area (Å²) < 4.78 is 29.7. The van der Waals surface area contributed by atoms with E-state index in [9.17, 15) is 18.5 Å². The first-order chi connectivity index (χ1) is 16.9. The molecule has 1 aliphatic heterocycles. The second kappa shape index (κ2) is 10.7. The van der Waals surface area contributed by atoms with Crippen LogP contribution in [0.2, 0.25) is 0 Å². The molecule has 0 spiro atoms. The largest absolute Gasteiger partial charge is 0.352 e. The van der Waals surface area contributed by atoms with Gasteiger partial charge in [-0.1, -0.05) is 36.8 Å². The standard InChI is InChI=1S/C26H27N5O3S/c1-2-28-26(32)21(18-27)16-22-19-31(23-11-5-3-6-12-23)29-25(22)20-10-9-13-24(17-20)35(33,34)30-14-7-4-8-15-30/h3,5-6,9-13,16-17,19H,2,4,7-8,14-15H2,1H3,(H,28,32)/b21-16+. The van der Waals surface area contributed by atoms with Crippen molar-refractivity contribution >= 4 is 22.0 Å². The summed E-state index contributed by atoms with van der Waals surface area (Å²) in [5.74, 6) is -0.477. The molecule has 1 N–H and O–H groups in total. The Morgan fingerprint density at radius 1 is 1.11 bits per heavy atom. The highest BCUT2D eigenvalue weighted by molar-refractivity contribution is 7.89. The maximum atomic E-state index is 13.3. The number of hydrogen-bond donors (Lipinski definition) is 1. The lowest BCUT2D eigenvalue weighted by molar-refractivity contribution is -0.116. The molecule has 3 aromatic rings. The third kappa shape index (κ3) is 5.34. The Morgan fingerprint density at radius 3 is 2.54 bits per heavy atom. The molecule has 2 heterocycles. The molecule has 0 atom stereocenters. The van der Waals surface area contributed by atoms with Gasteiger partial charge in [0.05, 0.1) is 10.6 Å². The number of benzene rings is 2. The second-order valence-electron chi connectivity index (χ2n) is 8.24. The molecule has 180 valence electrons. The molecule has 2 aromatic carbocycles. The van der Waals surface area contributed by atoms with Gasteiger partial charge in [0.1, 0.15) is 17.3 Å². The first kappa shape index (κ1) is 24.4. The fraction of sp³-hybridized carbons (Fsp3) is 0.269. The Labute approximate surface area is 205 Å². The number of aromatic nitrogens is 2. The normalized spacial score (nSPS) is 14.9. The minimum Gasteiger partial charge on any atom is -0.352 e. The molecule has 1 fully saturated rings. The zero-order chi connectivity index (χ0) is 24.8. The molecule has 0 radical (unpaired) electrons. The fourth-order valence-corrected chi connectivity index (χ4v) is 5.61.